The number of hydrogen-bond donors (Lipinski definition) is 2. The molecular weight excluding hydrogens is 437 g/mol. The molecule has 26 heavy (non-hydrogen) atoms. The zero-order valence-electron chi connectivity index (χ0n) is 15.9. The Morgan fingerprint density at radius 1 is 0.923 bits per heavy atom. The molecule has 0 aliphatic heterocycles. The summed E-state index contributed by atoms with van der Waals surface area (Å²) in [6.07, 6.45) is 0. The number of ether oxygens (including phenoxy) is 1. The molecule has 0 radical (unpaired) electrons. The van der Waals surface area contributed by atoms with Crippen LogP contribution in [0.4, 0.5) is 0 Å². The minimum atomic E-state index is 0. The largest absolute Gasteiger partial charge is 0.377 e. The molecule has 0 spiro atoms. The minimum Gasteiger partial charge on any atom is -0.377 e. The fraction of sp³-hybridized carbons (Fsp3) is 0.381. The summed E-state index contributed by atoms with van der Waals surface area (Å²) in [4.78, 5) is 4.74. The molecule has 2 aromatic carbocycles. The summed E-state index contributed by atoms with van der Waals surface area (Å²) in [6.45, 7) is 9.80. The van der Waals surface area contributed by atoms with Crippen LogP contribution in [0.15, 0.2) is 53.5 Å². The molecule has 0 saturated carbocycles. The number of nitrogens with one attached hydrogen (secondary N) is 2. The van der Waals surface area contributed by atoms with Crippen LogP contribution in [-0.4, -0.2) is 19.1 Å². The zero-order valence-corrected chi connectivity index (χ0v) is 18.2. The Labute approximate surface area is 174 Å². The van der Waals surface area contributed by atoms with Gasteiger partial charge in [-0.25, -0.2) is 4.99 Å². The Morgan fingerprint density at radius 2 is 1.58 bits per heavy atom. The van der Waals surface area contributed by atoms with Gasteiger partial charge in [0.15, 0.2) is 5.96 Å². The second-order valence-electron chi connectivity index (χ2n) is 5.88. The number of benzene rings is 2. The molecule has 5 heteroatoms. The smallest absolute Gasteiger partial charge is 0.191 e. The monoisotopic (exact) mass is 467 g/mol. The van der Waals surface area contributed by atoms with Crippen molar-refractivity contribution in [2.45, 2.75) is 40.5 Å². The maximum Gasteiger partial charge on any atom is 0.191 e. The molecule has 0 atom stereocenters. The summed E-state index contributed by atoms with van der Waals surface area (Å²) in [7, 11) is 0. The van der Waals surface area contributed by atoms with Crippen molar-refractivity contribution in [1.82, 2.24) is 10.6 Å². The number of halogens is 1. The van der Waals surface area contributed by atoms with E-state index in [-0.39, 0.29) is 24.0 Å². The van der Waals surface area contributed by atoms with Crippen molar-refractivity contribution >= 4 is 29.9 Å². The molecule has 0 bridgehead atoms. The van der Waals surface area contributed by atoms with Crippen LogP contribution in [0.25, 0.3) is 0 Å². The van der Waals surface area contributed by atoms with E-state index in [0.717, 1.165) is 25.7 Å². The quantitative estimate of drug-likeness (QED) is 0.344. The van der Waals surface area contributed by atoms with Gasteiger partial charge in [-0.15, -0.1) is 24.0 Å². The fourth-order valence-corrected chi connectivity index (χ4v) is 2.56. The molecule has 0 amide bonds. The van der Waals surface area contributed by atoms with Crippen LogP contribution in [0.3, 0.4) is 0 Å². The van der Waals surface area contributed by atoms with E-state index in [4.69, 9.17) is 9.73 Å². The Kier molecular flexibility index (Phi) is 11.0. The van der Waals surface area contributed by atoms with Crippen LogP contribution in [0.5, 0.6) is 0 Å². The van der Waals surface area contributed by atoms with Gasteiger partial charge in [0, 0.05) is 19.7 Å². The lowest BCUT2D eigenvalue weighted by molar-refractivity contribution is 0.133. The lowest BCUT2D eigenvalue weighted by Gasteiger charge is -2.13. The van der Waals surface area contributed by atoms with E-state index in [1.807, 2.05) is 19.1 Å². The van der Waals surface area contributed by atoms with Crippen LogP contribution in [0.2, 0.25) is 0 Å². The van der Waals surface area contributed by atoms with Gasteiger partial charge in [0.1, 0.15) is 0 Å². The van der Waals surface area contributed by atoms with Gasteiger partial charge >= 0.3 is 0 Å². The van der Waals surface area contributed by atoms with Crippen LogP contribution in [0, 0.1) is 6.92 Å². The van der Waals surface area contributed by atoms with Crippen molar-refractivity contribution in [3.8, 4) is 0 Å². The van der Waals surface area contributed by atoms with Crippen molar-refractivity contribution in [1.29, 1.82) is 0 Å². The van der Waals surface area contributed by atoms with Crippen molar-refractivity contribution in [2.75, 3.05) is 13.2 Å². The van der Waals surface area contributed by atoms with Crippen molar-refractivity contribution in [3.05, 3.63) is 70.8 Å². The number of nitrogens with zero attached hydrogens (tertiary/aromatic N) is 1. The number of aliphatic imine (C=N–C) groups is 1. The van der Waals surface area contributed by atoms with E-state index in [0.29, 0.717) is 13.2 Å². The summed E-state index contributed by atoms with van der Waals surface area (Å²) >= 11 is 0. The minimum absolute atomic E-state index is 0. The standard InChI is InChI=1S/C21H29N3O.HI/c1-4-22-21(23-14-18-11-7-6-10-17(18)3)24-15-19-12-8-9-13-20(19)16-25-5-2;/h6-13H,4-5,14-16H2,1-3H3,(H2,22,23,24);1H. The molecule has 0 fully saturated rings. The highest BCUT2D eigenvalue weighted by molar-refractivity contribution is 14.0. The highest BCUT2D eigenvalue weighted by Crippen LogP contribution is 2.11. The van der Waals surface area contributed by atoms with Crippen LogP contribution < -0.4 is 10.6 Å². The maximum atomic E-state index is 5.55. The number of hydrogen-bond acceptors (Lipinski definition) is 2. The van der Waals surface area contributed by atoms with Gasteiger partial charge in [-0.3, -0.25) is 0 Å². The average Bonchev–Trinajstić information content (AvgIpc) is 2.64. The third-order valence-corrected chi connectivity index (χ3v) is 4.04. The predicted octanol–water partition coefficient (Wildman–Crippen LogP) is 4.40. The number of aryl methyl sites for hydroxylation is 1. The second-order valence-corrected chi connectivity index (χ2v) is 5.88. The van der Waals surface area contributed by atoms with Crippen molar-refractivity contribution < 1.29 is 4.74 Å². The number of guanidine groups is 1. The lowest BCUT2D eigenvalue weighted by atomic mass is 10.1. The second kappa shape index (κ2) is 12.7. The van der Waals surface area contributed by atoms with E-state index >= 15 is 0 Å². The topological polar surface area (TPSA) is 45.7 Å². The molecule has 2 N–H and O–H groups in total. The van der Waals surface area contributed by atoms with Crippen molar-refractivity contribution in [2.24, 2.45) is 4.99 Å². The predicted molar refractivity (Wildman–Crippen MR) is 120 cm³/mol. The Hall–Kier alpha value is -1.60. The average molecular weight is 467 g/mol. The molecular formula is C21H30IN3O. The molecule has 0 heterocycles. The summed E-state index contributed by atoms with van der Waals surface area (Å²) < 4.78 is 5.55. The first-order chi connectivity index (χ1) is 12.2. The van der Waals surface area contributed by atoms with Crippen LogP contribution >= 0.6 is 24.0 Å². The van der Waals surface area contributed by atoms with E-state index in [2.05, 4.69) is 60.9 Å². The van der Waals surface area contributed by atoms with Gasteiger partial charge in [-0.1, -0.05) is 48.5 Å². The van der Waals surface area contributed by atoms with Gasteiger partial charge < -0.3 is 15.4 Å². The number of rotatable bonds is 8. The third kappa shape index (κ3) is 7.33. The molecule has 0 unspecified atom stereocenters. The van der Waals surface area contributed by atoms with Gasteiger partial charge in [0.05, 0.1) is 13.2 Å². The molecule has 2 aromatic rings. The Bertz CT molecular complexity index is 688. The zero-order chi connectivity index (χ0) is 17.9. The molecule has 4 nitrogen and oxygen atoms in total. The van der Waals surface area contributed by atoms with Gasteiger partial charge in [-0.05, 0) is 43.0 Å². The molecule has 0 aromatic heterocycles. The summed E-state index contributed by atoms with van der Waals surface area (Å²) in [5.74, 6) is 0.831. The van der Waals surface area contributed by atoms with E-state index < -0.39 is 0 Å². The summed E-state index contributed by atoms with van der Waals surface area (Å²) in [5, 5.41) is 6.73. The molecule has 0 saturated heterocycles. The molecule has 2 rings (SSSR count). The SMILES string of the molecule is CCNC(=NCc1ccccc1COCC)NCc1ccccc1C.I. The first-order valence-electron chi connectivity index (χ1n) is 8.95. The highest BCUT2D eigenvalue weighted by atomic mass is 127. The third-order valence-electron chi connectivity index (χ3n) is 4.04. The summed E-state index contributed by atoms with van der Waals surface area (Å²) in [5.41, 5.74) is 4.96. The fourth-order valence-electron chi connectivity index (χ4n) is 2.56. The Morgan fingerprint density at radius 3 is 2.23 bits per heavy atom. The first-order valence-corrected chi connectivity index (χ1v) is 8.95. The molecule has 0 aliphatic carbocycles. The first kappa shape index (κ1) is 22.4. The van der Waals surface area contributed by atoms with Gasteiger partial charge in [0.2, 0.25) is 0 Å². The molecule has 142 valence electrons. The lowest BCUT2D eigenvalue weighted by Crippen LogP contribution is -2.37. The maximum absolute atomic E-state index is 5.55. The van der Waals surface area contributed by atoms with Crippen LogP contribution in [0.1, 0.15) is 36.1 Å². The Balaban J connectivity index is 0.00000338. The van der Waals surface area contributed by atoms with Crippen molar-refractivity contribution in [3.63, 3.8) is 0 Å². The highest BCUT2D eigenvalue weighted by Gasteiger charge is 2.03. The van der Waals surface area contributed by atoms with Gasteiger partial charge in [-0.2, -0.15) is 0 Å². The van der Waals surface area contributed by atoms with E-state index in [1.54, 1.807) is 0 Å². The van der Waals surface area contributed by atoms with E-state index in [9.17, 15) is 0 Å². The van der Waals surface area contributed by atoms with Crippen LogP contribution in [-0.2, 0) is 24.4 Å². The van der Waals surface area contributed by atoms with E-state index in [1.165, 1.54) is 22.3 Å². The molecule has 0 aliphatic rings. The normalized spacial score (nSPS) is 11.0. The summed E-state index contributed by atoms with van der Waals surface area (Å²) in [6, 6.07) is 16.7. The van der Waals surface area contributed by atoms with Gasteiger partial charge in [0.25, 0.3) is 0 Å².